The number of hydrogen-bond acceptors (Lipinski definition) is 3. The van der Waals surface area contributed by atoms with Crippen LogP contribution in [-0.2, 0) is 17.9 Å². The number of nitrogens with one attached hydrogen (secondary N) is 1. The van der Waals surface area contributed by atoms with Crippen molar-refractivity contribution in [1.82, 2.24) is 9.78 Å². The predicted molar refractivity (Wildman–Crippen MR) is 88.1 cm³/mol. The summed E-state index contributed by atoms with van der Waals surface area (Å²) in [6.45, 7) is 0.713. The summed E-state index contributed by atoms with van der Waals surface area (Å²) in [6, 6.07) is 19.1. The van der Waals surface area contributed by atoms with Crippen molar-refractivity contribution in [3.63, 3.8) is 0 Å². The third-order valence-corrected chi connectivity index (χ3v) is 3.25. The Morgan fingerprint density at radius 2 is 1.83 bits per heavy atom. The molecule has 0 saturated heterocycles. The van der Waals surface area contributed by atoms with Crippen LogP contribution < -0.4 is 10.1 Å². The normalized spacial score (nSPS) is 10.3. The van der Waals surface area contributed by atoms with Crippen LogP contribution in [0.1, 0.15) is 5.56 Å². The molecule has 1 heterocycles. The Bertz CT molecular complexity index is 738. The van der Waals surface area contributed by atoms with E-state index in [1.165, 1.54) is 0 Å². The first kappa shape index (κ1) is 14.8. The number of hydrogen-bond donors (Lipinski definition) is 1. The van der Waals surface area contributed by atoms with Crippen molar-refractivity contribution in [2.24, 2.45) is 0 Å². The molecule has 0 radical (unpaired) electrons. The van der Waals surface area contributed by atoms with Crippen LogP contribution in [0.3, 0.4) is 0 Å². The number of carbonyl (C=O) groups excluding carboxylic acids is 1. The Morgan fingerprint density at radius 3 is 2.52 bits per heavy atom. The largest absolute Gasteiger partial charge is 0.489 e. The van der Waals surface area contributed by atoms with Crippen LogP contribution in [0.4, 0.5) is 5.69 Å². The monoisotopic (exact) mass is 307 g/mol. The molecule has 5 nitrogen and oxygen atoms in total. The molecule has 3 rings (SSSR count). The molecule has 0 aliphatic carbocycles. The lowest BCUT2D eigenvalue weighted by Crippen LogP contribution is -2.18. The second kappa shape index (κ2) is 7.26. The van der Waals surface area contributed by atoms with Gasteiger partial charge < -0.3 is 10.1 Å². The number of benzene rings is 2. The SMILES string of the molecule is O=C(Cn1cccn1)Nc1ccc(OCc2ccccc2)cc1. The zero-order valence-electron chi connectivity index (χ0n) is 12.6. The van der Waals surface area contributed by atoms with Crippen LogP contribution in [0.15, 0.2) is 73.1 Å². The lowest BCUT2D eigenvalue weighted by atomic mass is 10.2. The minimum absolute atomic E-state index is 0.119. The van der Waals surface area contributed by atoms with Crippen molar-refractivity contribution in [3.05, 3.63) is 78.6 Å². The third kappa shape index (κ3) is 4.44. The number of amides is 1. The van der Waals surface area contributed by atoms with E-state index in [0.717, 1.165) is 17.0 Å². The average molecular weight is 307 g/mol. The first-order valence-electron chi connectivity index (χ1n) is 7.34. The highest BCUT2D eigenvalue weighted by Crippen LogP contribution is 2.17. The Hall–Kier alpha value is -3.08. The number of anilines is 1. The molecule has 1 amide bonds. The van der Waals surface area contributed by atoms with E-state index in [0.29, 0.717) is 6.61 Å². The topological polar surface area (TPSA) is 56.2 Å². The summed E-state index contributed by atoms with van der Waals surface area (Å²) < 4.78 is 7.29. The fourth-order valence-corrected chi connectivity index (χ4v) is 2.12. The Labute approximate surface area is 134 Å². The van der Waals surface area contributed by atoms with Gasteiger partial charge in [-0.25, -0.2) is 0 Å². The van der Waals surface area contributed by atoms with Crippen molar-refractivity contribution in [2.45, 2.75) is 13.2 Å². The fraction of sp³-hybridized carbons (Fsp3) is 0.111. The zero-order valence-corrected chi connectivity index (χ0v) is 12.6. The Morgan fingerprint density at radius 1 is 1.04 bits per heavy atom. The van der Waals surface area contributed by atoms with Crippen molar-refractivity contribution in [1.29, 1.82) is 0 Å². The average Bonchev–Trinajstić information content (AvgIpc) is 3.08. The predicted octanol–water partition coefficient (Wildman–Crippen LogP) is 3.10. The van der Waals surface area contributed by atoms with Crippen molar-refractivity contribution in [3.8, 4) is 5.75 Å². The van der Waals surface area contributed by atoms with E-state index in [2.05, 4.69) is 10.4 Å². The summed E-state index contributed by atoms with van der Waals surface area (Å²) in [5, 5.41) is 6.83. The highest BCUT2D eigenvalue weighted by Gasteiger charge is 2.04. The quantitative estimate of drug-likeness (QED) is 0.761. The lowest BCUT2D eigenvalue weighted by molar-refractivity contribution is -0.116. The van der Waals surface area contributed by atoms with E-state index >= 15 is 0 Å². The molecule has 5 heteroatoms. The number of ether oxygens (including phenoxy) is 1. The van der Waals surface area contributed by atoms with Gasteiger partial charge in [0.05, 0.1) is 0 Å². The summed E-state index contributed by atoms with van der Waals surface area (Å²) in [6.07, 6.45) is 3.40. The molecule has 1 N–H and O–H groups in total. The summed E-state index contributed by atoms with van der Waals surface area (Å²) in [7, 11) is 0. The van der Waals surface area contributed by atoms with Crippen LogP contribution in [-0.4, -0.2) is 15.7 Å². The molecule has 0 bridgehead atoms. The molecule has 0 unspecified atom stereocenters. The second-order valence-corrected chi connectivity index (χ2v) is 5.05. The highest BCUT2D eigenvalue weighted by molar-refractivity contribution is 5.90. The van der Waals surface area contributed by atoms with E-state index < -0.39 is 0 Å². The maximum absolute atomic E-state index is 11.9. The number of aromatic nitrogens is 2. The van der Waals surface area contributed by atoms with Gasteiger partial charge in [-0.15, -0.1) is 0 Å². The van der Waals surface area contributed by atoms with E-state index in [4.69, 9.17) is 4.74 Å². The standard InChI is InChI=1S/C18H17N3O2/c22-18(13-21-12-4-11-19-21)20-16-7-9-17(10-8-16)23-14-15-5-2-1-3-6-15/h1-12H,13-14H2,(H,20,22). The number of rotatable bonds is 6. The van der Waals surface area contributed by atoms with Gasteiger partial charge in [-0.05, 0) is 35.9 Å². The molecule has 0 fully saturated rings. The van der Waals surface area contributed by atoms with Gasteiger partial charge in [0.2, 0.25) is 5.91 Å². The Balaban J connectivity index is 1.51. The van der Waals surface area contributed by atoms with Gasteiger partial charge in [0.1, 0.15) is 18.9 Å². The maximum Gasteiger partial charge on any atom is 0.246 e. The van der Waals surface area contributed by atoms with E-state index in [1.54, 1.807) is 23.1 Å². The number of carbonyl (C=O) groups is 1. The van der Waals surface area contributed by atoms with Crippen molar-refractivity contribution in [2.75, 3.05) is 5.32 Å². The van der Waals surface area contributed by atoms with Crippen LogP contribution in [0.25, 0.3) is 0 Å². The smallest absolute Gasteiger partial charge is 0.246 e. The molecule has 3 aromatic rings. The van der Waals surface area contributed by atoms with Crippen LogP contribution in [0.2, 0.25) is 0 Å². The molecule has 23 heavy (non-hydrogen) atoms. The lowest BCUT2D eigenvalue weighted by Gasteiger charge is -2.08. The first-order chi connectivity index (χ1) is 11.3. The van der Waals surface area contributed by atoms with Gasteiger partial charge in [0, 0.05) is 18.1 Å². The molecule has 2 aromatic carbocycles. The molecule has 116 valence electrons. The molecular formula is C18H17N3O2. The highest BCUT2D eigenvalue weighted by atomic mass is 16.5. The molecule has 1 aromatic heterocycles. The summed E-state index contributed by atoms with van der Waals surface area (Å²) in [5.41, 5.74) is 1.85. The fourth-order valence-electron chi connectivity index (χ4n) is 2.12. The van der Waals surface area contributed by atoms with Gasteiger partial charge >= 0.3 is 0 Å². The van der Waals surface area contributed by atoms with Gasteiger partial charge in [-0.3, -0.25) is 9.48 Å². The van der Waals surface area contributed by atoms with Gasteiger partial charge in [-0.1, -0.05) is 30.3 Å². The first-order valence-corrected chi connectivity index (χ1v) is 7.34. The van der Waals surface area contributed by atoms with E-state index in [9.17, 15) is 4.79 Å². The van der Waals surface area contributed by atoms with Gasteiger partial charge in [0.25, 0.3) is 0 Å². The summed E-state index contributed by atoms with van der Waals surface area (Å²) in [4.78, 5) is 11.9. The van der Waals surface area contributed by atoms with Crippen LogP contribution in [0.5, 0.6) is 5.75 Å². The third-order valence-electron chi connectivity index (χ3n) is 3.25. The molecule has 0 aliphatic rings. The number of nitrogens with zero attached hydrogens (tertiary/aromatic N) is 2. The maximum atomic E-state index is 11.9. The molecule has 0 aliphatic heterocycles. The molecule has 0 saturated carbocycles. The zero-order chi connectivity index (χ0) is 15.9. The minimum atomic E-state index is -0.119. The molecular weight excluding hydrogens is 290 g/mol. The van der Waals surface area contributed by atoms with Gasteiger partial charge in [0.15, 0.2) is 0 Å². The minimum Gasteiger partial charge on any atom is -0.489 e. The second-order valence-electron chi connectivity index (χ2n) is 5.05. The molecule has 0 atom stereocenters. The summed E-state index contributed by atoms with van der Waals surface area (Å²) >= 11 is 0. The van der Waals surface area contributed by atoms with E-state index in [1.807, 2.05) is 54.6 Å². The van der Waals surface area contributed by atoms with Crippen LogP contribution >= 0.6 is 0 Å². The van der Waals surface area contributed by atoms with Crippen molar-refractivity contribution < 1.29 is 9.53 Å². The van der Waals surface area contributed by atoms with E-state index in [-0.39, 0.29) is 12.5 Å². The Kier molecular flexibility index (Phi) is 4.69. The van der Waals surface area contributed by atoms with Gasteiger partial charge in [-0.2, -0.15) is 5.10 Å². The summed E-state index contributed by atoms with van der Waals surface area (Å²) in [5.74, 6) is 0.644. The molecule has 0 spiro atoms. The van der Waals surface area contributed by atoms with Crippen molar-refractivity contribution >= 4 is 11.6 Å². The van der Waals surface area contributed by atoms with Crippen LogP contribution in [0, 0.1) is 0 Å².